The Morgan fingerprint density at radius 2 is 0.964 bits per heavy atom. The molecule has 0 amide bonds. The van der Waals surface area contributed by atoms with E-state index < -0.39 is 22.8 Å². The van der Waals surface area contributed by atoms with Crippen LogP contribution >= 0.6 is 0 Å². The van der Waals surface area contributed by atoms with Gasteiger partial charge in [0.05, 0.1) is 13.2 Å². The van der Waals surface area contributed by atoms with Crippen LogP contribution in [0, 0.1) is 0 Å². The zero-order valence-electron chi connectivity index (χ0n) is 17.6. The highest BCUT2D eigenvalue weighted by Crippen LogP contribution is 2.18. The van der Waals surface area contributed by atoms with Crippen LogP contribution in [0.4, 0.5) is 4.79 Å². The normalized spacial score (nSPS) is 11.9. The number of hydrogen-bond acceptors (Lipinski definition) is 5. The van der Waals surface area contributed by atoms with Gasteiger partial charge in [0.25, 0.3) is 0 Å². The summed E-state index contributed by atoms with van der Waals surface area (Å²) in [5.41, 5.74) is 2.08. The van der Waals surface area contributed by atoms with Gasteiger partial charge in [-0.05, 0) is 74.7 Å². The van der Waals surface area contributed by atoms with E-state index in [9.17, 15) is 4.79 Å². The van der Waals surface area contributed by atoms with Crippen molar-refractivity contribution in [3.63, 3.8) is 0 Å². The van der Waals surface area contributed by atoms with Crippen LogP contribution in [0.25, 0.3) is 0 Å². The van der Waals surface area contributed by atoms with Gasteiger partial charge < -0.3 is 18.3 Å². The number of carbonyl (C=O) groups excluding carboxylic acids is 1. The molecule has 0 unspecified atom stereocenters. The summed E-state index contributed by atoms with van der Waals surface area (Å²) >= 11 is 0. The topological polar surface area (TPSA) is 54.0 Å². The van der Waals surface area contributed by atoms with Gasteiger partial charge >= 0.3 is 6.16 Å². The average molecular weight is 419 g/mol. The molecule has 0 aliphatic heterocycles. The Kier molecular flexibility index (Phi) is 7.59. The van der Waals surface area contributed by atoms with Crippen LogP contribution in [0.1, 0.15) is 11.1 Å². The first-order valence-electron chi connectivity index (χ1n) is 9.36. The summed E-state index contributed by atoms with van der Waals surface area (Å²) in [5.74, 6) is 0.865. The minimum absolute atomic E-state index is 0.432. The predicted molar refractivity (Wildman–Crippen MR) is 116 cm³/mol. The van der Waals surface area contributed by atoms with Crippen molar-refractivity contribution in [3.05, 3.63) is 59.7 Å². The molecule has 0 heterocycles. The Labute approximate surface area is 169 Å². The summed E-state index contributed by atoms with van der Waals surface area (Å²) in [6.07, 6.45) is -0.766. The molecule has 2 rings (SSSR count). The molecule has 0 aromatic heterocycles. The van der Waals surface area contributed by atoms with Gasteiger partial charge in [-0.25, -0.2) is 4.79 Å². The van der Waals surface area contributed by atoms with Crippen molar-refractivity contribution in [1.82, 2.24) is 0 Å². The largest absolute Gasteiger partial charge is 0.519 e. The summed E-state index contributed by atoms with van der Waals surface area (Å²) in [6, 6.07) is 14.5. The maximum absolute atomic E-state index is 12.0. The molecule has 0 aliphatic carbocycles. The molecule has 0 radical (unpaired) electrons. The quantitative estimate of drug-likeness (QED) is 0.300. The summed E-state index contributed by atoms with van der Waals surface area (Å²) < 4.78 is 22.2. The van der Waals surface area contributed by atoms with Gasteiger partial charge in [-0.1, -0.05) is 24.3 Å². The first kappa shape index (κ1) is 22.4. The van der Waals surface area contributed by atoms with E-state index in [0.717, 1.165) is 11.1 Å². The number of ether oxygens (including phenoxy) is 2. The molecule has 28 heavy (non-hydrogen) atoms. The smallest absolute Gasteiger partial charge is 0.413 e. The molecule has 5 nitrogen and oxygen atoms in total. The standard InChI is InChI=1S/C21H30O5Si2/c1-27(2,3)23-15-17-7-11-19(12-8-17)25-21(22)26-20-13-9-18(10-14-20)16-24-28(4,5)6/h7-14H,15-16H2,1-6H3. The Bertz CT molecular complexity index is 694. The molecule has 2 aromatic rings. The van der Waals surface area contributed by atoms with Gasteiger partial charge in [0.2, 0.25) is 0 Å². The van der Waals surface area contributed by atoms with E-state index in [-0.39, 0.29) is 0 Å². The number of benzene rings is 2. The number of hydrogen-bond donors (Lipinski definition) is 0. The first-order valence-corrected chi connectivity index (χ1v) is 16.2. The lowest BCUT2D eigenvalue weighted by molar-refractivity contribution is 0.152. The fourth-order valence-electron chi connectivity index (χ4n) is 2.12. The molecule has 0 aliphatic rings. The third kappa shape index (κ3) is 8.83. The van der Waals surface area contributed by atoms with E-state index in [1.54, 1.807) is 24.3 Å². The first-order chi connectivity index (χ1) is 13.0. The summed E-state index contributed by atoms with van der Waals surface area (Å²) in [5, 5.41) is 0. The monoisotopic (exact) mass is 418 g/mol. The van der Waals surface area contributed by atoms with Gasteiger partial charge in [-0.15, -0.1) is 0 Å². The van der Waals surface area contributed by atoms with E-state index in [0.29, 0.717) is 24.7 Å². The second-order valence-electron chi connectivity index (χ2n) is 8.54. The molecule has 2 aromatic carbocycles. The lowest BCUT2D eigenvalue weighted by atomic mass is 10.2. The Morgan fingerprint density at radius 3 is 1.25 bits per heavy atom. The Morgan fingerprint density at radius 1 is 0.643 bits per heavy atom. The fourth-order valence-corrected chi connectivity index (χ4v) is 3.32. The Balaban J connectivity index is 1.83. The van der Waals surface area contributed by atoms with Crippen LogP contribution in [-0.2, 0) is 22.1 Å². The van der Waals surface area contributed by atoms with E-state index in [1.165, 1.54) is 0 Å². The van der Waals surface area contributed by atoms with Crippen molar-refractivity contribution in [1.29, 1.82) is 0 Å². The highest BCUT2D eigenvalue weighted by Gasteiger charge is 2.15. The fraction of sp³-hybridized carbons (Fsp3) is 0.381. The molecule has 0 spiro atoms. The number of carbonyl (C=O) groups is 1. The van der Waals surface area contributed by atoms with Gasteiger partial charge in [0, 0.05) is 0 Å². The zero-order chi connectivity index (χ0) is 20.8. The lowest BCUT2D eigenvalue weighted by Gasteiger charge is -2.17. The van der Waals surface area contributed by atoms with E-state index >= 15 is 0 Å². The maximum atomic E-state index is 12.0. The molecule has 7 heteroatoms. The molecular weight excluding hydrogens is 388 g/mol. The minimum atomic E-state index is -1.55. The van der Waals surface area contributed by atoms with Crippen molar-refractivity contribution in [2.75, 3.05) is 0 Å². The van der Waals surface area contributed by atoms with Crippen molar-refractivity contribution in [3.8, 4) is 11.5 Å². The zero-order valence-corrected chi connectivity index (χ0v) is 19.6. The average Bonchev–Trinajstić information content (AvgIpc) is 2.59. The van der Waals surface area contributed by atoms with Crippen LogP contribution in [0.5, 0.6) is 11.5 Å². The summed E-state index contributed by atoms with van der Waals surface area (Å²) in [4.78, 5) is 12.0. The van der Waals surface area contributed by atoms with Crippen LogP contribution < -0.4 is 9.47 Å². The van der Waals surface area contributed by atoms with Crippen LogP contribution in [0.2, 0.25) is 39.3 Å². The summed E-state index contributed by atoms with van der Waals surface area (Å²) in [7, 11) is -3.11. The molecular formula is C21H30O5Si2. The van der Waals surface area contributed by atoms with Crippen LogP contribution in [0.3, 0.4) is 0 Å². The van der Waals surface area contributed by atoms with Crippen LogP contribution in [-0.4, -0.2) is 22.8 Å². The molecule has 152 valence electrons. The second kappa shape index (κ2) is 9.51. The van der Waals surface area contributed by atoms with Crippen molar-refractivity contribution >= 4 is 22.8 Å². The molecule has 0 saturated carbocycles. The maximum Gasteiger partial charge on any atom is 0.519 e. The SMILES string of the molecule is C[Si](C)(C)OCc1ccc(OC(=O)Oc2ccc(CO[Si](C)(C)C)cc2)cc1. The summed E-state index contributed by atoms with van der Waals surface area (Å²) in [6.45, 7) is 14.0. The highest BCUT2D eigenvalue weighted by molar-refractivity contribution is 6.70. The lowest BCUT2D eigenvalue weighted by Crippen LogP contribution is -2.24. The third-order valence-corrected chi connectivity index (χ3v) is 5.61. The van der Waals surface area contributed by atoms with Crippen molar-refractivity contribution in [2.45, 2.75) is 52.5 Å². The molecule has 0 N–H and O–H groups in total. The van der Waals surface area contributed by atoms with Gasteiger partial charge in [0.1, 0.15) is 11.5 Å². The second-order valence-corrected chi connectivity index (χ2v) is 17.6. The predicted octanol–water partition coefficient (Wildman–Crippen LogP) is 5.97. The van der Waals surface area contributed by atoms with Crippen LogP contribution in [0.15, 0.2) is 48.5 Å². The van der Waals surface area contributed by atoms with E-state index in [2.05, 4.69) is 39.3 Å². The van der Waals surface area contributed by atoms with Gasteiger partial charge in [-0.2, -0.15) is 0 Å². The molecule has 0 bridgehead atoms. The molecule has 0 atom stereocenters. The molecule has 0 saturated heterocycles. The third-order valence-electron chi connectivity index (χ3n) is 3.59. The minimum Gasteiger partial charge on any atom is -0.413 e. The van der Waals surface area contributed by atoms with Gasteiger partial charge in [0.15, 0.2) is 16.6 Å². The van der Waals surface area contributed by atoms with E-state index in [1.807, 2.05) is 24.3 Å². The molecule has 0 fully saturated rings. The highest BCUT2D eigenvalue weighted by atomic mass is 28.4. The van der Waals surface area contributed by atoms with Gasteiger partial charge in [-0.3, -0.25) is 0 Å². The van der Waals surface area contributed by atoms with Crippen molar-refractivity contribution in [2.24, 2.45) is 0 Å². The number of rotatable bonds is 8. The Hall–Kier alpha value is -1.94. The van der Waals surface area contributed by atoms with Crippen molar-refractivity contribution < 1.29 is 23.1 Å². The van der Waals surface area contributed by atoms with E-state index in [4.69, 9.17) is 18.3 Å².